The highest BCUT2D eigenvalue weighted by Gasteiger charge is 2.16. The number of unbranched alkanes of at least 4 members (excludes halogenated alkanes) is 2. The lowest BCUT2D eigenvalue weighted by Gasteiger charge is -2.20. The molecule has 1 saturated heterocycles. The van der Waals surface area contributed by atoms with E-state index in [1.807, 2.05) is 0 Å². The molecule has 1 unspecified atom stereocenters. The Balaban J connectivity index is 1.95. The van der Waals surface area contributed by atoms with Gasteiger partial charge in [0, 0.05) is 19.8 Å². The Hall–Kier alpha value is -0.120. The topological polar surface area (TPSA) is 32.7 Å². The van der Waals surface area contributed by atoms with Gasteiger partial charge in [0.2, 0.25) is 0 Å². The highest BCUT2D eigenvalue weighted by molar-refractivity contribution is 4.68. The molecule has 0 amide bonds. The van der Waals surface area contributed by atoms with Crippen LogP contribution in [0, 0.1) is 0 Å². The molecule has 0 aliphatic carbocycles. The van der Waals surface area contributed by atoms with Crippen molar-refractivity contribution in [1.82, 2.24) is 4.90 Å². The smallest absolute Gasteiger partial charge is 0.0702 e. The molecule has 0 spiro atoms. The van der Waals surface area contributed by atoms with Gasteiger partial charge in [0.15, 0.2) is 0 Å². The number of nitrogens with zero attached hydrogens (tertiary/aromatic N) is 1. The molecule has 0 radical (unpaired) electrons. The van der Waals surface area contributed by atoms with E-state index in [-0.39, 0.29) is 0 Å². The Bertz CT molecular complexity index is 135. The van der Waals surface area contributed by atoms with Crippen molar-refractivity contribution in [1.29, 1.82) is 0 Å². The van der Waals surface area contributed by atoms with Crippen molar-refractivity contribution < 1.29 is 9.84 Å². The van der Waals surface area contributed by atoms with Crippen LogP contribution in [0.2, 0.25) is 0 Å². The summed E-state index contributed by atoms with van der Waals surface area (Å²) in [6.07, 6.45) is 6.17. The maximum absolute atomic E-state index is 8.63. The minimum absolute atomic E-state index is 0.329. The second-order valence-electron chi connectivity index (χ2n) is 4.18. The van der Waals surface area contributed by atoms with Crippen LogP contribution in [0.5, 0.6) is 0 Å². The summed E-state index contributed by atoms with van der Waals surface area (Å²) in [5, 5.41) is 8.63. The Labute approximate surface area is 87.1 Å². The summed E-state index contributed by atoms with van der Waals surface area (Å²) >= 11 is 0. The summed E-state index contributed by atoms with van der Waals surface area (Å²) < 4.78 is 5.57. The summed E-state index contributed by atoms with van der Waals surface area (Å²) in [4.78, 5) is 2.34. The van der Waals surface area contributed by atoms with Crippen molar-refractivity contribution >= 4 is 0 Å². The van der Waals surface area contributed by atoms with Gasteiger partial charge in [0.25, 0.3) is 0 Å². The van der Waals surface area contributed by atoms with Gasteiger partial charge < -0.3 is 14.7 Å². The molecule has 0 bridgehead atoms. The molecule has 0 aromatic carbocycles. The molecule has 1 aliphatic heterocycles. The van der Waals surface area contributed by atoms with Crippen molar-refractivity contribution in [3.8, 4) is 0 Å². The number of aliphatic hydroxyl groups is 1. The number of hydrogen-bond donors (Lipinski definition) is 1. The minimum Gasteiger partial charge on any atom is -0.396 e. The third-order valence-corrected chi connectivity index (χ3v) is 2.74. The van der Waals surface area contributed by atoms with Gasteiger partial charge in [-0.05, 0) is 45.7 Å². The molecule has 0 aromatic rings. The standard InChI is InChI=1S/C11H23NO2/c1-12(7-3-2-4-8-13)10-11-6-5-9-14-11/h11,13H,2-10H2,1H3. The molecule has 3 heteroatoms. The number of rotatable bonds is 7. The SMILES string of the molecule is CN(CCCCCO)CC1CCCO1. The molecule has 1 aliphatic rings. The number of hydrogen-bond acceptors (Lipinski definition) is 3. The number of likely N-dealkylation sites (N-methyl/N-ethyl adjacent to an activating group) is 1. The maximum atomic E-state index is 8.63. The quantitative estimate of drug-likeness (QED) is 0.629. The van der Waals surface area contributed by atoms with Gasteiger partial charge in [0.1, 0.15) is 0 Å². The van der Waals surface area contributed by atoms with Crippen LogP contribution in [0.3, 0.4) is 0 Å². The normalized spacial score (nSPS) is 22.1. The first-order valence-corrected chi connectivity index (χ1v) is 5.74. The lowest BCUT2D eigenvalue weighted by Crippen LogP contribution is -2.29. The summed E-state index contributed by atoms with van der Waals surface area (Å²) in [5.41, 5.74) is 0. The van der Waals surface area contributed by atoms with Crippen LogP contribution in [0.25, 0.3) is 0 Å². The molecule has 0 saturated carbocycles. The molecule has 14 heavy (non-hydrogen) atoms. The van der Waals surface area contributed by atoms with E-state index in [2.05, 4.69) is 11.9 Å². The molecular weight excluding hydrogens is 178 g/mol. The van der Waals surface area contributed by atoms with Crippen LogP contribution in [0.4, 0.5) is 0 Å². The van der Waals surface area contributed by atoms with Crippen LogP contribution in [-0.2, 0) is 4.74 Å². The summed E-state index contributed by atoms with van der Waals surface area (Å²) in [5.74, 6) is 0. The molecule has 84 valence electrons. The predicted octanol–water partition coefficient (Wildman–Crippen LogP) is 1.26. The minimum atomic E-state index is 0.329. The van der Waals surface area contributed by atoms with Crippen molar-refractivity contribution in [2.45, 2.75) is 38.2 Å². The maximum Gasteiger partial charge on any atom is 0.0702 e. The Kier molecular flexibility index (Phi) is 6.15. The monoisotopic (exact) mass is 201 g/mol. The van der Waals surface area contributed by atoms with Gasteiger partial charge in [-0.15, -0.1) is 0 Å². The zero-order chi connectivity index (χ0) is 10.2. The van der Waals surface area contributed by atoms with Gasteiger partial charge in [-0.3, -0.25) is 0 Å². The molecular formula is C11H23NO2. The molecule has 1 heterocycles. The van der Waals surface area contributed by atoms with E-state index in [9.17, 15) is 0 Å². The van der Waals surface area contributed by atoms with Crippen LogP contribution >= 0.6 is 0 Å². The van der Waals surface area contributed by atoms with E-state index in [4.69, 9.17) is 9.84 Å². The second-order valence-corrected chi connectivity index (χ2v) is 4.18. The zero-order valence-corrected chi connectivity index (χ0v) is 9.24. The molecule has 1 rings (SSSR count). The van der Waals surface area contributed by atoms with Gasteiger partial charge in [0.05, 0.1) is 6.10 Å². The fraction of sp³-hybridized carbons (Fsp3) is 1.00. The lowest BCUT2D eigenvalue weighted by molar-refractivity contribution is 0.0806. The van der Waals surface area contributed by atoms with E-state index in [1.54, 1.807) is 0 Å². The average molecular weight is 201 g/mol. The number of aliphatic hydroxyl groups excluding tert-OH is 1. The molecule has 3 nitrogen and oxygen atoms in total. The molecule has 1 atom stereocenters. The van der Waals surface area contributed by atoms with E-state index in [0.717, 1.165) is 32.5 Å². The van der Waals surface area contributed by atoms with Crippen molar-refractivity contribution in [3.05, 3.63) is 0 Å². The molecule has 1 N–H and O–H groups in total. The zero-order valence-electron chi connectivity index (χ0n) is 9.24. The lowest BCUT2D eigenvalue weighted by atomic mass is 10.2. The average Bonchev–Trinajstić information content (AvgIpc) is 2.65. The van der Waals surface area contributed by atoms with Gasteiger partial charge >= 0.3 is 0 Å². The van der Waals surface area contributed by atoms with Gasteiger partial charge in [-0.25, -0.2) is 0 Å². The molecule has 0 aromatic heterocycles. The van der Waals surface area contributed by atoms with E-state index in [1.165, 1.54) is 19.3 Å². The Morgan fingerprint density at radius 3 is 2.86 bits per heavy atom. The predicted molar refractivity (Wildman–Crippen MR) is 57.4 cm³/mol. The first-order valence-electron chi connectivity index (χ1n) is 5.74. The Morgan fingerprint density at radius 2 is 2.21 bits per heavy atom. The summed E-state index contributed by atoms with van der Waals surface area (Å²) in [7, 11) is 2.15. The highest BCUT2D eigenvalue weighted by atomic mass is 16.5. The number of ether oxygens (including phenoxy) is 1. The summed E-state index contributed by atoms with van der Waals surface area (Å²) in [6.45, 7) is 3.47. The Morgan fingerprint density at radius 1 is 1.36 bits per heavy atom. The van der Waals surface area contributed by atoms with E-state index >= 15 is 0 Å². The van der Waals surface area contributed by atoms with E-state index in [0.29, 0.717) is 12.7 Å². The van der Waals surface area contributed by atoms with Crippen LogP contribution in [0.15, 0.2) is 0 Å². The van der Waals surface area contributed by atoms with Crippen molar-refractivity contribution in [2.24, 2.45) is 0 Å². The van der Waals surface area contributed by atoms with Crippen LogP contribution in [0.1, 0.15) is 32.1 Å². The van der Waals surface area contributed by atoms with Crippen molar-refractivity contribution in [2.75, 3.05) is 33.4 Å². The fourth-order valence-corrected chi connectivity index (χ4v) is 1.90. The highest BCUT2D eigenvalue weighted by Crippen LogP contribution is 2.12. The van der Waals surface area contributed by atoms with E-state index < -0.39 is 0 Å². The van der Waals surface area contributed by atoms with Crippen LogP contribution in [-0.4, -0.2) is 49.5 Å². The van der Waals surface area contributed by atoms with Gasteiger partial charge in [-0.2, -0.15) is 0 Å². The summed E-state index contributed by atoms with van der Waals surface area (Å²) in [6, 6.07) is 0. The first kappa shape index (κ1) is 12.0. The van der Waals surface area contributed by atoms with Gasteiger partial charge in [-0.1, -0.05) is 0 Å². The van der Waals surface area contributed by atoms with Crippen molar-refractivity contribution in [3.63, 3.8) is 0 Å². The first-order chi connectivity index (χ1) is 6.83. The second kappa shape index (κ2) is 7.21. The largest absolute Gasteiger partial charge is 0.396 e. The third kappa shape index (κ3) is 4.94. The molecule has 1 fully saturated rings. The van der Waals surface area contributed by atoms with Crippen LogP contribution < -0.4 is 0 Å². The third-order valence-electron chi connectivity index (χ3n) is 2.74. The fourth-order valence-electron chi connectivity index (χ4n) is 1.90.